The molecule has 0 saturated carbocycles. The number of benzene rings is 2. The van der Waals surface area contributed by atoms with Crippen molar-refractivity contribution in [3.63, 3.8) is 0 Å². The van der Waals surface area contributed by atoms with Gasteiger partial charge in [-0.1, -0.05) is 6.07 Å². The summed E-state index contributed by atoms with van der Waals surface area (Å²) in [5.74, 6) is 0.642. The second-order valence-corrected chi connectivity index (χ2v) is 13.6. The third-order valence-corrected chi connectivity index (χ3v) is 9.23. The Balaban J connectivity index is 1.29. The summed E-state index contributed by atoms with van der Waals surface area (Å²) in [6, 6.07) is 9.72. The third-order valence-electron chi connectivity index (χ3n) is 9.23. The van der Waals surface area contributed by atoms with Gasteiger partial charge in [0.1, 0.15) is 11.4 Å². The Morgan fingerprint density at radius 1 is 1.09 bits per heavy atom. The van der Waals surface area contributed by atoms with Crippen molar-refractivity contribution in [3.05, 3.63) is 47.9 Å². The molecule has 3 aliphatic heterocycles. The second kappa shape index (κ2) is 10.6. The number of pyridine rings is 1. The van der Waals surface area contributed by atoms with Gasteiger partial charge in [-0.15, -0.1) is 0 Å². The fourth-order valence-corrected chi connectivity index (χ4v) is 7.09. The number of carbonyl (C=O) groups is 1. The number of hydrogen-bond donors (Lipinski definition) is 0. The number of halogens is 1. The van der Waals surface area contributed by atoms with E-state index < -0.39 is 5.60 Å². The molecule has 3 fully saturated rings. The van der Waals surface area contributed by atoms with Gasteiger partial charge in [-0.25, -0.2) is 18.9 Å². The number of methoxy groups -OCH3 is 1. The van der Waals surface area contributed by atoms with E-state index in [1.807, 2.05) is 67.7 Å². The number of ether oxygens (including phenoxy) is 3. The zero-order chi connectivity index (χ0) is 30.8. The first-order valence-electron chi connectivity index (χ1n) is 15.5. The van der Waals surface area contributed by atoms with E-state index in [1.165, 1.54) is 0 Å². The molecule has 10 heteroatoms. The van der Waals surface area contributed by atoms with Crippen molar-refractivity contribution < 1.29 is 23.4 Å². The van der Waals surface area contributed by atoms with Crippen LogP contribution in [0.2, 0.25) is 0 Å². The van der Waals surface area contributed by atoms with Crippen molar-refractivity contribution in [2.45, 2.75) is 65.2 Å². The largest absolute Gasteiger partial charge is 0.497 e. The summed E-state index contributed by atoms with van der Waals surface area (Å²) in [7, 11) is 1.62. The van der Waals surface area contributed by atoms with Crippen LogP contribution in [0.5, 0.6) is 5.75 Å². The number of nitrogens with zero attached hydrogens (tertiary/aromatic N) is 5. The summed E-state index contributed by atoms with van der Waals surface area (Å²) in [5.41, 5.74) is 3.23. The molecule has 2 aromatic carbocycles. The standard InChI is InChI=1S/C34H40FN5O4/c1-21-9-12-26-24(17-36-40(26)27-8-6-7-15-43-27)28(21)29-23-11-10-22(42-5)16-25(23)37-31(30(29)35)38-14-13-34(18-38)19-39(20-34)32(41)44-33(2,3)4/h9-12,16-17,27H,6-8,13-15,18-20H2,1-5H3. The Morgan fingerprint density at radius 3 is 2.64 bits per heavy atom. The summed E-state index contributed by atoms with van der Waals surface area (Å²) in [4.78, 5) is 21.3. The molecule has 1 atom stereocenters. The Hall–Kier alpha value is -3.92. The van der Waals surface area contributed by atoms with Crippen molar-refractivity contribution in [1.82, 2.24) is 19.7 Å². The maximum Gasteiger partial charge on any atom is 0.410 e. The number of fused-ring (bicyclic) bond motifs is 2. The lowest BCUT2D eigenvalue weighted by Crippen LogP contribution is -2.60. The van der Waals surface area contributed by atoms with Gasteiger partial charge in [0.15, 0.2) is 17.9 Å². The molecule has 5 heterocycles. The van der Waals surface area contributed by atoms with Crippen LogP contribution in [-0.2, 0) is 9.47 Å². The number of carbonyl (C=O) groups excluding carboxylic acids is 1. The number of anilines is 1. The first-order chi connectivity index (χ1) is 21.1. The molecule has 0 radical (unpaired) electrons. The van der Waals surface area contributed by atoms with E-state index in [0.717, 1.165) is 53.1 Å². The molecule has 2 aromatic heterocycles. The number of hydrogen-bond acceptors (Lipinski definition) is 7. The minimum atomic E-state index is -0.544. The number of likely N-dealkylation sites (tertiary alicyclic amines) is 1. The zero-order valence-electron chi connectivity index (χ0n) is 26.2. The van der Waals surface area contributed by atoms with E-state index in [0.29, 0.717) is 55.4 Å². The molecule has 7 rings (SSSR count). The molecule has 9 nitrogen and oxygen atoms in total. The van der Waals surface area contributed by atoms with E-state index in [1.54, 1.807) is 12.0 Å². The van der Waals surface area contributed by atoms with Crippen molar-refractivity contribution in [2.75, 3.05) is 44.8 Å². The Kier molecular flexibility index (Phi) is 6.95. The van der Waals surface area contributed by atoms with E-state index in [2.05, 4.69) is 6.07 Å². The van der Waals surface area contributed by atoms with Gasteiger partial charge in [0.05, 0.1) is 24.3 Å². The summed E-state index contributed by atoms with van der Waals surface area (Å²) in [5, 5.41) is 6.35. The smallest absolute Gasteiger partial charge is 0.410 e. The SMILES string of the molecule is COc1ccc2c(-c3c(C)ccc4c3cnn4C3CCCCO3)c(F)c(N3CCC4(CN(C(=O)OC(C)(C)C)C4)C3)nc2c1. The number of amides is 1. The molecule has 1 spiro atoms. The molecular formula is C34H40FN5O4. The van der Waals surface area contributed by atoms with Crippen LogP contribution in [0, 0.1) is 18.2 Å². The maximum atomic E-state index is 17.1. The third kappa shape index (κ3) is 4.93. The molecule has 232 valence electrons. The molecule has 3 saturated heterocycles. The van der Waals surface area contributed by atoms with Gasteiger partial charge < -0.3 is 24.0 Å². The minimum Gasteiger partial charge on any atom is -0.497 e. The summed E-state index contributed by atoms with van der Waals surface area (Å²) < 4.78 is 36.2. The normalized spacial score (nSPS) is 20.0. The first kappa shape index (κ1) is 28.8. The average molecular weight is 602 g/mol. The van der Waals surface area contributed by atoms with Gasteiger partial charge >= 0.3 is 6.09 Å². The quantitative estimate of drug-likeness (QED) is 0.253. The van der Waals surface area contributed by atoms with Gasteiger partial charge in [0, 0.05) is 60.6 Å². The molecular weight excluding hydrogens is 561 g/mol. The van der Waals surface area contributed by atoms with Crippen LogP contribution in [0.4, 0.5) is 15.0 Å². The lowest BCUT2D eigenvalue weighted by Gasteiger charge is -2.47. The van der Waals surface area contributed by atoms with Crippen LogP contribution in [0.1, 0.15) is 58.2 Å². The molecule has 1 amide bonds. The molecule has 3 aliphatic rings. The molecule has 44 heavy (non-hydrogen) atoms. The lowest BCUT2D eigenvalue weighted by atomic mass is 9.79. The number of aromatic nitrogens is 3. The van der Waals surface area contributed by atoms with Crippen LogP contribution < -0.4 is 9.64 Å². The van der Waals surface area contributed by atoms with Crippen LogP contribution in [0.3, 0.4) is 0 Å². The fraction of sp³-hybridized carbons (Fsp3) is 0.500. The van der Waals surface area contributed by atoms with Gasteiger partial charge in [0.25, 0.3) is 0 Å². The van der Waals surface area contributed by atoms with Crippen LogP contribution >= 0.6 is 0 Å². The van der Waals surface area contributed by atoms with Crippen LogP contribution in [0.15, 0.2) is 36.5 Å². The van der Waals surface area contributed by atoms with Crippen LogP contribution in [0.25, 0.3) is 32.9 Å². The average Bonchev–Trinajstić information content (AvgIpc) is 3.61. The van der Waals surface area contributed by atoms with Gasteiger partial charge in [-0.05, 0) is 82.7 Å². The zero-order valence-corrected chi connectivity index (χ0v) is 26.2. The van der Waals surface area contributed by atoms with E-state index in [-0.39, 0.29) is 23.6 Å². The predicted octanol–water partition coefficient (Wildman–Crippen LogP) is 6.85. The Labute approximate surface area is 256 Å². The van der Waals surface area contributed by atoms with Crippen molar-refractivity contribution in [2.24, 2.45) is 5.41 Å². The fourth-order valence-electron chi connectivity index (χ4n) is 7.09. The first-order valence-corrected chi connectivity index (χ1v) is 15.5. The van der Waals surface area contributed by atoms with Gasteiger partial charge in [-0.3, -0.25) is 0 Å². The van der Waals surface area contributed by atoms with Crippen molar-refractivity contribution in [3.8, 4) is 16.9 Å². The molecule has 4 aromatic rings. The summed E-state index contributed by atoms with van der Waals surface area (Å²) >= 11 is 0. The monoisotopic (exact) mass is 601 g/mol. The molecule has 1 unspecified atom stereocenters. The highest BCUT2D eigenvalue weighted by atomic mass is 19.1. The molecule has 0 aliphatic carbocycles. The van der Waals surface area contributed by atoms with Crippen molar-refractivity contribution >= 4 is 33.7 Å². The topological polar surface area (TPSA) is 82.0 Å². The maximum absolute atomic E-state index is 17.1. The highest BCUT2D eigenvalue weighted by Gasteiger charge is 2.51. The van der Waals surface area contributed by atoms with E-state index in [9.17, 15) is 4.79 Å². The number of aryl methyl sites for hydroxylation is 1. The highest BCUT2D eigenvalue weighted by Crippen LogP contribution is 2.46. The Bertz CT molecular complexity index is 1750. The highest BCUT2D eigenvalue weighted by molar-refractivity contribution is 6.06. The summed E-state index contributed by atoms with van der Waals surface area (Å²) in [6.45, 7) is 10.8. The second-order valence-electron chi connectivity index (χ2n) is 13.6. The summed E-state index contributed by atoms with van der Waals surface area (Å²) in [6.07, 6.45) is 5.31. The predicted molar refractivity (Wildman–Crippen MR) is 168 cm³/mol. The lowest BCUT2D eigenvalue weighted by molar-refractivity contribution is -0.0366. The number of rotatable bonds is 4. The Morgan fingerprint density at radius 2 is 1.91 bits per heavy atom. The van der Waals surface area contributed by atoms with E-state index in [4.69, 9.17) is 24.3 Å². The van der Waals surface area contributed by atoms with Gasteiger partial charge in [0.2, 0.25) is 0 Å². The molecule has 0 bridgehead atoms. The molecule has 0 N–H and O–H groups in total. The van der Waals surface area contributed by atoms with Crippen LogP contribution in [-0.4, -0.2) is 71.3 Å². The van der Waals surface area contributed by atoms with E-state index >= 15 is 4.39 Å². The minimum absolute atomic E-state index is 0.106. The van der Waals surface area contributed by atoms with Gasteiger partial charge in [-0.2, -0.15) is 5.10 Å². The van der Waals surface area contributed by atoms with Crippen molar-refractivity contribution in [1.29, 1.82) is 0 Å².